The summed E-state index contributed by atoms with van der Waals surface area (Å²) in [5.74, 6) is 1.95. The fourth-order valence-electron chi connectivity index (χ4n) is 1.27. The molecule has 0 saturated carbocycles. The van der Waals surface area contributed by atoms with E-state index in [2.05, 4.69) is 4.74 Å². The third-order valence-electron chi connectivity index (χ3n) is 2.16. The average molecular weight is 195 g/mol. The zero-order valence-corrected chi connectivity index (χ0v) is 8.58. The van der Waals surface area contributed by atoms with Crippen molar-refractivity contribution in [1.82, 2.24) is 0 Å². The minimum atomic E-state index is -0.160. The van der Waals surface area contributed by atoms with Gasteiger partial charge in [-0.25, -0.2) is 0 Å². The second-order valence-corrected chi connectivity index (χ2v) is 3.08. The van der Waals surface area contributed by atoms with Crippen LogP contribution in [0.25, 0.3) is 0 Å². The van der Waals surface area contributed by atoms with E-state index in [1.54, 1.807) is 7.11 Å². The van der Waals surface area contributed by atoms with Crippen LogP contribution in [0.3, 0.4) is 0 Å². The van der Waals surface area contributed by atoms with Crippen LogP contribution in [0.15, 0.2) is 24.0 Å². The van der Waals surface area contributed by atoms with Gasteiger partial charge >= 0.3 is 5.97 Å². The number of carbonyl (C=O) groups excluding carboxylic acids is 1. The molecule has 0 amide bonds. The Morgan fingerprint density at radius 3 is 2.71 bits per heavy atom. The largest absolute Gasteiger partial charge is 0.497 e. The molecule has 1 aliphatic carbocycles. The Kier molecular flexibility index (Phi) is 4.23. The number of carbonyl (C=O) groups is 1. The second kappa shape index (κ2) is 5.47. The van der Waals surface area contributed by atoms with Gasteiger partial charge < -0.3 is 9.47 Å². The van der Waals surface area contributed by atoms with Gasteiger partial charge in [0.05, 0.1) is 14.2 Å². The molecule has 0 heterocycles. The minimum Gasteiger partial charge on any atom is -0.497 e. The van der Waals surface area contributed by atoms with Crippen LogP contribution in [-0.2, 0) is 14.3 Å². The molecule has 77 valence electrons. The maximum Gasteiger partial charge on any atom is 0.305 e. The van der Waals surface area contributed by atoms with Gasteiger partial charge in [0.15, 0.2) is 0 Å². The molecule has 0 bridgehead atoms. The Morgan fingerprint density at radius 2 is 2.21 bits per heavy atom. The lowest BCUT2D eigenvalue weighted by atomic mass is 9.95. The molecule has 3 heteroatoms. The molecular formula is C11H15O3. The number of allylic oxidation sites excluding steroid dienone is 3. The van der Waals surface area contributed by atoms with E-state index in [4.69, 9.17) is 4.74 Å². The van der Waals surface area contributed by atoms with Crippen LogP contribution < -0.4 is 0 Å². The third kappa shape index (κ3) is 3.24. The zero-order valence-electron chi connectivity index (χ0n) is 8.58. The Hall–Kier alpha value is -1.25. The Balaban J connectivity index is 2.27. The molecule has 0 saturated heterocycles. The molecule has 14 heavy (non-hydrogen) atoms. The van der Waals surface area contributed by atoms with Crippen LogP contribution in [0, 0.1) is 5.92 Å². The first-order valence-electron chi connectivity index (χ1n) is 4.60. The van der Waals surface area contributed by atoms with Crippen molar-refractivity contribution in [2.75, 3.05) is 14.2 Å². The predicted molar refractivity (Wildman–Crippen MR) is 53.3 cm³/mol. The summed E-state index contributed by atoms with van der Waals surface area (Å²) in [4.78, 5) is 10.9. The summed E-state index contributed by atoms with van der Waals surface area (Å²) in [5.41, 5.74) is 0. The smallest absolute Gasteiger partial charge is 0.305 e. The highest BCUT2D eigenvalue weighted by Gasteiger charge is 2.11. The monoisotopic (exact) mass is 195 g/mol. The second-order valence-electron chi connectivity index (χ2n) is 3.08. The van der Waals surface area contributed by atoms with Gasteiger partial charge in [-0.1, -0.05) is 6.08 Å². The third-order valence-corrected chi connectivity index (χ3v) is 2.16. The Morgan fingerprint density at radius 1 is 1.43 bits per heavy atom. The molecule has 0 fully saturated rings. The lowest BCUT2D eigenvalue weighted by molar-refractivity contribution is -0.140. The van der Waals surface area contributed by atoms with Crippen molar-refractivity contribution >= 4 is 5.97 Å². The van der Waals surface area contributed by atoms with Crippen LogP contribution >= 0.6 is 0 Å². The molecule has 3 nitrogen and oxygen atoms in total. The molecule has 0 spiro atoms. The highest BCUT2D eigenvalue weighted by molar-refractivity contribution is 5.69. The predicted octanol–water partition coefficient (Wildman–Crippen LogP) is 2.00. The molecule has 0 unspecified atom stereocenters. The van der Waals surface area contributed by atoms with Crippen molar-refractivity contribution in [2.45, 2.75) is 19.3 Å². The van der Waals surface area contributed by atoms with Gasteiger partial charge in [0.2, 0.25) is 0 Å². The molecule has 0 aromatic carbocycles. The lowest BCUT2D eigenvalue weighted by Crippen LogP contribution is -2.05. The van der Waals surface area contributed by atoms with E-state index < -0.39 is 0 Å². The van der Waals surface area contributed by atoms with Crippen molar-refractivity contribution in [3.63, 3.8) is 0 Å². The first-order valence-corrected chi connectivity index (χ1v) is 4.60. The van der Waals surface area contributed by atoms with E-state index in [-0.39, 0.29) is 5.97 Å². The number of hydrogen-bond donors (Lipinski definition) is 0. The first-order chi connectivity index (χ1) is 6.76. The highest BCUT2D eigenvalue weighted by Crippen LogP contribution is 2.22. The average Bonchev–Trinajstić information content (AvgIpc) is 2.26. The number of ether oxygens (including phenoxy) is 2. The van der Waals surface area contributed by atoms with Crippen LogP contribution in [0.4, 0.5) is 0 Å². The lowest BCUT2D eigenvalue weighted by Gasteiger charge is -2.13. The van der Waals surface area contributed by atoms with Gasteiger partial charge in [-0.15, -0.1) is 0 Å². The molecular weight excluding hydrogens is 180 g/mol. The maximum atomic E-state index is 10.9. The van der Waals surface area contributed by atoms with Gasteiger partial charge in [-0.3, -0.25) is 4.79 Å². The quantitative estimate of drug-likeness (QED) is 0.644. The Labute approximate surface area is 84.4 Å². The van der Waals surface area contributed by atoms with Crippen LogP contribution in [0.5, 0.6) is 0 Å². The SMILES string of the molecule is COC(=O)CC[C]1C=CC(OC)=CC1. The molecule has 0 atom stereocenters. The summed E-state index contributed by atoms with van der Waals surface area (Å²) in [6.45, 7) is 0. The number of hydrogen-bond acceptors (Lipinski definition) is 3. The fraction of sp³-hybridized carbons (Fsp3) is 0.455. The highest BCUT2D eigenvalue weighted by atomic mass is 16.5. The topological polar surface area (TPSA) is 35.5 Å². The molecule has 1 radical (unpaired) electrons. The summed E-state index contributed by atoms with van der Waals surface area (Å²) < 4.78 is 9.62. The van der Waals surface area contributed by atoms with Crippen LogP contribution in [0.2, 0.25) is 0 Å². The molecule has 0 aromatic heterocycles. The number of rotatable bonds is 4. The van der Waals surface area contributed by atoms with E-state index >= 15 is 0 Å². The summed E-state index contributed by atoms with van der Waals surface area (Å²) in [7, 11) is 3.06. The molecule has 1 rings (SSSR count). The first kappa shape index (κ1) is 10.8. The van der Waals surface area contributed by atoms with Crippen molar-refractivity contribution in [1.29, 1.82) is 0 Å². The standard InChI is InChI=1S/C11H15O3/c1-13-10-6-3-9(4-7-10)5-8-11(12)14-2/h3,6-7H,4-5,8H2,1-2H3. The van der Waals surface area contributed by atoms with Crippen molar-refractivity contribution in [2.24, 2.45) is 0 Å². The normalized spacial score (nSPS) is 16.3. The summed E-state index contributed by atoms with van der Waals surface area (Å²) in [5, 5.41) is 0. The van der Waals surface area contributed by atoms with Gasteiger partial charge in [-0.05, 0) is 25.0 Å². The fourth-order valence-corrected chi connectivity index (χ4v) is 1.27. The zero-order chi connectivity index (χ0) is 10.4. The van der Waals surface area contributed by atoms with E-state index in [0.29, 0.717) is 6.42 Å². The minimum absolute atomic E-state index is 0.160. The van der Waals surface area contributed by atoms with E-state index in [1.165, 1.54) is 13.0 Å². The molecule has 0 aromatic rings. The number of methoxy groups -OCH3 is 2. The Bertz CT molecular complexity index is 253. The van der Waals surface area contributed by atoms with Gasteiger partial charge in [-0.2, -0.15) is 0 Å². The van der Waals surface area contributed by atoms with Crippen LogP contribution in [0.1, 0.15) is 19.3 Å². The van der Waals surface area contributed by atoms with Gasteiger partial charge in [0, 0.05) is 12.3 Å². The summed E-state index contributed by atoms with van der Waals surface area (Å²) in [6, 6.07) is 0. The molecule has 0 aliphatic heterocycles. The van der Waals surface area contributed by atoms with Crippen molar-refractivity contribution in [3.8, 4) is 0 Å². The van der Waals surface area contributed by atoms with Crippen molar-refractivity contribution < 1.29 is 14.3 Å². The maximum absolute atomic E-state index is 10.9. The van der Waals surface area contributed by atoms with Crippen molar-refractivity contribution in [3.05, 3.63) is 29.9 Å². The van der Waals surface area contributed by atoms with E-state index in [1.807, 2.05) is 18.2 Å². The molecule has 0 N–H and O–H groups in total. The summed E-state index contributed by atoms with van der Waals surface area (Å²) in [6.07, 6.45) is 7.99. The number of esters is 1. The summed E-state index contributed by atoms with van der Waals surface area (Å²) >= 11 is 0. The van der Waals surface area contributed by atoms with Gasteiger partial charge in [0.1, 0.15) is 5.76 Å². The van der Waals surface area contributed by atoms with Crippen LogP contribution in [-0.4, -0.2) is 20.2 Å². The van der Waals surface area contributed by atoms with E-state index in [9.17, 15) is 4.79 Å². The van der Waals surface area contributed by atoms with E-state index in [0.717, 1.165) is 18.6 Å². The molecule has 1 aliphatic rings. The van der Waals surface area contributed by atoms with Gasteiger partial charge in [0.25, 0.3) is 0 Å².